The molecule has 0 atom stereocenters. The third kappa shape index (κ3) is 4.21. The van der Waals surface area contributed by atoms with Gasteiger partial charge in [0.25, 0.3) is 0 Å². The summed E-state index contributed by atoms with van der Waals surface area (Å²) >= 11 is 0. The number of nitrogens with zero attached hydrogens (tertiary/aromatic N) is 2. The Bertz CT molecular complexity index is 988. The number of hydrogen-bond donors (Lipinski definition) is 0. The molecule has 0 N–H and O–H groups in total. The van der Waals surface area contributed by atoms with E-state index in [1.165, 1.54) is 5.57 Å². The molecule has 0 unspecified atom stereocenters. The van der Waals surface area contributed by atoms with Gasteiger partial charge in [-0.3, -0.25) is 0 Å². The fourth-order valence-corrected chi connectivity index (χ4v) is 4.63. The van der Waals surface area contributed by atoms with Crippen LogP contribution in [0.3, 0.4) is 0 Å². The largest absolute Gasteiger partial charge is 0.245 e. The van der Waals surface area contributed by atoms with Crippen molar-refractivity contribution in [2.75, 3.05) is 13.1 Å². The molecule has 0 aliphatic carbocycles. The number of hydrogen-bond acceptors (Lipinski definition) is 3. The molecule has 0 radical (unpaired) electrons. The first kappa shape index (κ1) is 18.4. The lowest BCUT2D eigenvalue weighted by molar-refractivity contribution is 0.386. The van der Waals surface area contributed by atoms with Crippen molar-refractivity contribution in [3.8, 4) is 11.8 Å². The topological polar surface area (TPSA) is 50.3 Å². The van der Waals surface area contributed by atoms with Gasteiger partial charge < -0.3 is 0 Å². The lowest BCUT2D eigenvalue weighted by atomic mass is 10.1. The van der Waals surface area contributed by atoms with E-state index in [9.17, 15) is 8.42 Å². The Hall–Kier alpha value is -2.42. The summed E-state index contributed by atoms with van der Waals surface area (Å²) in [5.41, 5.74) is 3.66. The molecule has 1 aromatic heterocycles. The molecule has 0 spiro atoms. The second kappa shape index (κ2) is 7.86. The maximum Gasteiger partial charge on any atom is 0.243 e. The molecule has 3 rings (SSSR count). The van der Waals surface area contributed by atoms with Gasteiger partial charge in [-0.2, -0.15) is 4.31 Å². The Balaban J connectivity index is 1.67. The van der Waals surface area contributed by atoms with Crippen LogP contribution in [0.1, 0.15) is 29.8 Å². The van der Waals surface area contributed by atoms with E-state index in [-0.39, 0.29) is 0 Å². The van der Waals surface area contributed by atoms with Gasteiger partial charge in [0.2, 0.25) is 10.0 Å². The van der Waals surface area contributed by atoms with Gasteiger partial charge in [0, 0.05) is 18.8 Å². The van der Waals surface area contributed by atoms with Gasteiger partial charge >= 0.3 is 0 Å². The normalized spacial score (nSPS) is 15.2. The molecule has 4 nitrogen and oxygen atoms in total. The van der Waals surface area contributed by atoms with E-state index >= 15 is 0 Å². The molecule has 2 heterocycles. The molecule has 0 saturated carbocycles. The summed E-state index contributed by atoms with van der Waals surface area (Å²) in [6.45, 7) is 4.76. The number of aryl methyl sites for hydroxylation is 2. The summed E-state index contributed by atoms with van der Waals surface area (Å²) in [5.74, 6) is 6.09. The van der Waals surface area contributed by atoms with E-state index < -0.39 is 10.0 Å². The number of allylic oxidation sites excluding steroid dienone is 1. The number of piperidine rings is 1. The molecular weight excluding hydrogens is 344 g/mol. The molecule has 134 valence electrons. The lowest BCUT2D eigenvalue weighted by Gasteiger charge is -2.28. The highest BCUT2D eigenvalue weighted by Gasteiger charge is 2.28. The maximum absolute atomic E-state index is 12.8. The molecule has 0 bridgehead atoms. The van der Waals surface area contributed by atoms with Crippen molar-refractivity contribution in [2.45, 2.75) is 31.6 Å². The van der Waals surface area contributed by atoms with Crippen LogP contribution in [0, 0.1) is 25.7 Å². The van der Waals surface area contributed by atoms with Crippen LogP contribution in [-0.4, -0.2) is 30.8 Å². The van der Waals surface area contributed by atoms with Gasteiger partial charge in [0.1, 0.15) is 5.69 Å². The monoisotopic (exact) mass is 366 g/mol. The minimum atomic E-state index is -3.42. The highest BCUT2D eigenvalue weighted by molar-refractivity contribution is 7.89. The number of benzene rings is 1. The van der Waals surface area contributed by atoms with Gasteiger partial charge in [-0.25, -0.2) is 13.4 Å². The van der Waals surface area contributed by atoms with Gasteiger partial charge in [-0.1, -0.05) is 35.8 Å². The average Bonchev–Trinajstić information content (AvgIpc) is 2.62. The lowest BCUT2D eigenvalue weighted by Crippen LogP contribution is -2.36. The number of sulfonamides is 1. The molecular formula is C21H22N2O2S. The zero-order valence-corrected chi connectivity index (χ0v) is 15.9. The van der Waals surface area contributed by atoms with Crippen molar-refractivity contribution < 1.29 is 8.42 Å². The Morgan fingerprint density at radius 1 is 1.04 bits per heavy atom. The van der Waals surface area contributed by atoms with Crippen LogP contribution in [0.15, 0.2) is 59.0 Å². The number of pyridine rings is 1. The van der Waals surface area contributed by atoms with Gasteiger partial charge in [-0.05, 0) is 62.4 Å². The Morgan fingerprint density at radius 2 is 1.77 bits per heavy atom. The molecule has 1 aliphatic heterocycles. The number of aromatic nitrogens is 1. The molecule has 2 aromatic rings. The fraction of sp³-hybridized carbons (Fsp3) is 0.286. The Morgan fingerprint density at radius 3 is 2.46 bits per heavy atom. The SMILES string of the molecule is Cc1cccc(C#CC=C2CCN(S(=O)(=O)c3ccccc3C)CC2)n1. The van der Waals surface area contributed by atoms with Crippen molar-refractivity contribution in [1.82, 2.24) is 9.29 Å². The fourth-order valence-electron chi connectivity index (χ4n) is 2.97. The van der Waals surface area contributed by atoms with Gasteiger partial charge in [0.05, 0.1) is 4.90 Å². The summed E-state index contributed by atoms with van der Waals surface area (Å²) < 4.78 is 27.2. The zero-order chi connectivity index (χ0) is 18.6. The van der Waals surface area contributed by atoms with Crippen molar-refractivity contribution in [3.63, 3.8) is 0 Å². The summed E-state index contributed by atoms with van der Waals surface area (Å²) in [7, 11) is -3.42. The van der Waals surface area contributed by atoms with Crippen LogP contribution < -0.4 is 0 Å². The van der Waals surface area contributed by atoms with Crippen molar-refractivity contribution in [1.29, 1.82) is 0 Å². The standard InChI is InChI=1S/C21H22N2O2S/c1-17-7-3-4-12-21(17)26(24,25)23-15-13-19(14-16-23)9-6-11-20-10-5-8-18(2)22-20/h3-5,7-10,12H,13-16H2,1-2H3. The highest BCUT2D eigenvalue weighted by Crippen LogP contribution is 2.25. The summed E-state index contributed by atoms with van der Waals surface area (Å²) in [6.07, 6.45) is 3.32. The molecule has 26 heavy (non-hydrogen) atoms. The molecule has 5 heteroatoms. The first-order chi connectivity index (χ1) is 12.5. The summed E-state index contributed by atoms with van der Waals surface area (Å²) in [5, 5.41) is 0. The van der Waals surface area contributed by atoms with Crippen molar-refractivity contribution in [2.24, 2.45) is 0 Å². The predicted octanol–water partition coefficient (Wildman–Crippen LogP) is 3.46. The first-order valence-electron chi connectivity index (χ1n) is 8.66. The van der Waals surface area contributed by atoms with Crippen LogP contribution in [0.5, 0.6) is 0 Å². The second-order valence-corrected chi connectivity index (χ2v) is 8.31. The van der Waals surface area contributed by atoms with Crippen molar-refractivity contribution >= 4 is 10.0 Å². The van der Waals surface area contributed by atoms with E-state index in [2.05, 4.69) is 16.8 Å². The molecule has 0 amide bonds. The maximum atomic E-state index is 12.8. The average molecular weight is 366 g/mol. The van der Waals surface area contributed by atoms with E-state index in [1.807, 2.05) is 50.3 Å². The van der Waals surface area contributed by atoms with E-state index in [4.69, 9.17) is 0 Å². The first-order valence-corrected chi connectivity index (χ1v) is 10.1. The van der Waals surface area contributed by atoms with Crippen LogP contribution >= 0.6 is 0 Å². The van der Waals surface area contributed by atoms with E-state index in [0.717, 1.165) is 17.0 Å². The third-order valence-electron chi connectivity index (χ3n) is 4.44. The molecule has 1 aromatic carbocycles. The molecule has 1 fully saturated rings. The smallest absolute Gasteiger partial charge is 0.243 e. The third-order valence-corrected chi connectivity index (χ3v) is 6.50. The second-order valence-electron chi connectivity index (χ2n) is 6.41. The minimum Gasteiger partial charge on any atom is -0.245 e. The van der Waals surface area contributed by atoms with Crippen LogP contribution in [0.4, 0.5) is 0 Å². The summed E-state index contributed by atoms with van der Waals surface area (Å²) in [4.78, 5) is 4.75. The summed E-state index contributed by atoms with van der Waals surface area (Å²) in [6, 6.07) is 12.9. The van der Waals surface area contributed by atoms with Gasteiger partial charge in [-0.15, -0.1) is 0 Å². The van der Waals surface area contributed by atoms with Crippen LogP contribution in [0.2, 0.25) is 0 Å². The highest BCUT2D eigenvalue weighted by atomic mass is 32.2. The number of rotatable bonds is 2. The Labute approximate surface area is 155 Å². The molecule has 1 aliphatic rings. The van der Waals surface area contributed by atoms with E-state index in [1.54, 1.807) is 16.4 Å². The Kier molecular flexibility index (Phi) is 5.55. The van der Waals surface area contributed by atoms with Crippen LogP contribution in [-0.2, 0) is 10.0 Å². The minimum absolute atomic E-state index is 0.401. The van der Waals surface area contributed by atoms with Crippen molar-refractivity contribution in [3.05, 3.63) is 71.1 Å². The quantitative estimate of drug-likeness (QED) is 0.765. The molecule has 1 saturated heterocycles. The predicted molar refractivity (Wildman–Crippen MR) is 103 cm³/mol. The van der Waals surface area contributed by atoms with E-state index in [0.29, 0.717) is 30.8 Å². The van der Waals surface area contributed by atoms with Gasteiger partial charge in [0.15, 0.2) is 0 Å². The van der Waals surface area contributed by atoms with Crippen LogP contribution in [0.25, 0.3) is 0 Å². The zero-order valence-electron chi connectivity index (χ0n) is 15.1.